The number of benzene rings is 1. The van der Waals surface area contributed by atoms with Gasteiger partial charge in [-0.3, -0.25) is 0 Å². The summed E-state index contributed by atoms with van der Waals surface area (Å²) in [5, 5.41) is 3.84. The van der Waals surface area contributed by atoms with Crippen molar-refractivity contribution < 1.29 is 0 Å². The maximum Gasteiger partial charge on any atom is 0.0437 e. The van der Waals surface area contributed by atoms with Crippen LogP contribution in [0.2, 0.25) is 0 Å². The average molecular weight is 201 g/mol. The quantitative estimate of drug-likeness (QED) is 0.736. The van der Waals surface area contributed by atoms with E-state index in [1.165, 1.54) is 43.2 Å². The van der Waals surface area contributed by atoms with Gasteiger partial charge >= 0.3 is 0 Å². The van der Waals surface area contributed by atoms with E-state index in [1.54, 1.807) is 0 Å². The van der Waals surface area contributed by atoms with Crippen LogP contribution in [0, 0.1) is 6.92 Å². The van der Waals surface area contributed by atoms with Crippen molar-refractivity contribution in [3.8, 4) is 0 Å². The van der Waals surface area contributed by atoms with Crippen LogP contribution in [0.1, 0.15) is 43.2 Å². The summed E-state index contributed by atoms with van der Waals surface area (Å²) < 4.78 is 0. The second-order valence-electron chi connectivity index (χ2n) is 5.22. The van der Waals surface area contributed by atoms with Crippen molar-refractivity contribution >= 4 is 0 Å². The summed E-state index contributed by atoms with van der Waals surface area (Å²) in [6.07, 6.45) is 6.81. The van der Waals surface area contributed by atoms with Gasteiger partial charge in [0.1, 0.15) is 0 Å². The number of nitrogens with one attached hydrogen (secondary N) is 1. The first-order valence-electron chi connectivity index (χ1n) is 6.13. The summed E-state index contributed by atoms with van der Waals surface area (Å²) in [7, 11) is 0. The van der Waals surface area contributed by atoms with Crippen LogP contribution in [0.25, 0.3) is 0 Å². The largest absolute Gasteiger partial charge is 0.305 e. The molecule has 2 saturated heterocycles. The zero-order valence-electron chi connectivity index (χ0n) is 9.42. The fourth-order valence-electron chi connectivity index (χ4n) is 3.26. The molecule has 0 spiro atoms. The first kappa shape index (κ1) is 9.41. The number of piperidine rings is 1. The summed E-state index contributed by atoms with van der Waals surface area (Å²) in [5.41, 5.74) is 3.20. The fourth-order valence-corrected chi connectivity index (χ4v) is 3.26. The van der Waals surface area contributed by atoms with Crippen molar-refractivity contribution in [3.63, 3.8) is 0 Å². The summed E-state index contributed by atoms with van der Waals surface area (Å²) in [6.45, 7) is 2.16. The van der Waals surface area contributed by atoms with Crippen LogP contribution in [-0.2, 0) is 5.54 Å². The first-order chi connectivity index (χ1) is 7.28. The summed E-state index contributed by atoms with van der Waals surface area (Å²) in [5.74, 6) is 0. The third kappa shape index (κ3) is 1.50. The van der Waals surface area contributed by atoms with Gasteiger partial charge in [0, 0.05) is 11.6 Å². The predicted molar refractivity (Wildman–Crippen MR) is 62.9 cm³/mol. The van der Waals surface area contributed by atoms with Crippen LogP contribution in [-0.4, -0.2) is 6.04 Å². The van der Waals surface area contributed by atoms with Crippen molar-refractivity contribution in [2.45, 2.75) is 50.6 Å². The van der Waals surface area contributed by atoms with Gasteiger partial charge in [0.2, 0.25) is 0 Å². The molecule has 2 unspecified atom stereocenters. The second-order valence-corrected chi connectivity index (χ2v) is 5.22. The van der Waals surface area contributed by atoms with Gasteiger partial charge < -0.3 is 5.32 Å². The monoisotopic (exact) mass is 201 g/mol. The van der Waals surface area contributed by atoms with Gasteiger partial charge in [0.05, 0.1) is 0 Å². The number of rotatable bonds is 1. The third-order valence-electron chi connectivity index (χ3n) is 4.16. The van der Waals surface area contributed by atoms with Gasteiger partial charge in [-0.1, -0.05) is 29.8 Å². The van der Waals surface area contributed by atoms with Crippen molar-refractivity contribution in [1.82, 2.24) is 5.32 Å². The zero-order chi connectivity index (χ0) is 10.3. The SMILES string of the molecule is Cc1ccc(C23CCCC(CC2)N3)cc1. The molecule has 2 aliphatic heterocycles. The maximum absolute atomic E-state index is 3.84. The van der Waals surface area contributed by atoms with E-state index < -0.39 is 0 Å². The predicted octanol–water partition coefficient (Wildman–Crippen LogP) is 3.13. The molecule has 3 rings (SSSR count). The van der Waals surface area contributed by atoms with Crippen LogP contribution in [0.5, 0.6) is 0 Å². The van der Waals surface area contributed by atoms with Gasteiger partial charge in [0.15, 0.2) is 0 Å². The summed E-state index contributed by atoms with van der Waals surface area (Å²) in [4.78, 5) is 0. The summed E-state index contributed by atoms with van der Waals surface area (Å²) in [6, 6.07) is 9.91. The molecule has 2 aliphatic rings. The molecule has 0 amide bonds. The highest BCUT2D eigenvalue weighted by Crippen LogP contribution is 2.42. The van der Waals surface area contributed by atoms with E-state index in [0.29, 0.717) is 5.54 Å². The molecular weight excluding hydrogens is 182 g/mol. The van der Waals surface area contributed by atoms with E-state index in [1.807, 2.05) is 0 Å². The van der Waals surface area contributed by atoms with E-state index in [-0.39, 0.29) is 0 Å². The number of hydrogen-bond donors (Lipinski definition) is 1. The van der Waals surface area contributed by atoms with Gasteiger partial charge in [-0.2, -0.15) is 0 Å². The van der Waals surface area contributed by atoms with Crippen LogP contribution in [0.3, 0.4) is 0 Å². The van der Waals surface area contributed by atoms with Crippen LogP contribution in [0.15, 0.2) is 24.3 Å². The standard InChI is InChI=1S/C14H19N/c1-11-4-6-12(7-5-11)14-9-2-3-13(15-14)8-10-14/h4-7,13,15H,2-3,8-10H2,1H3. The van der Waals surface area contributed by atoms with E-state index in [9.17, 15) is 0 Å². The molecule has 15 heavy (non-hydrogen) atoms. The van der Waals surface area contributed by atoms with Crippen molar-refractivity contribution in [1.29, 1.82) is 0 Å². The maximum atomic E-state index is 3.84. The Morgan fingerprint density at radius 1 is 1.13 bits per heavy atom. The Bertz CT molecular complexity index is 350. The number of fused-ring (bicyclic) bond motifs is 2. The Hall–Kier alpha value is -0.820. The Balaban J connectivity index is 1.95. The molecular formula is C14H19N. The van der Waals surface area contributed by atoms with Crippen LogP contribution < -0.4 is 5.32 Å². The molecule has 0 radical (unpaired) electrons. The Morgan fingerprint density at radius 3 is 2.73 bits per heavy atom. The van der Waals surface area contributed by atoms with Crippen molar-refractivity contribution in [2.24, 2.45) is 0 Å². The highest BCUT2D eigenvalue weighted by molar-refractivity contribution is 5.30. The van der Waals surface area contributed by atoms with Crippen LogP contribution in [0.4, 0.5) is 0 Å². The Morgan fingerprint density at radius 2 is 1.93 bits per heavy atom. The van der Waals surface area contributed by atoms with Gasteiger partial charge in [-0.25, -0.2) is 0 Å². The molecule has 1 aromatic carbocycles. The molecule has 0 saturated carbocycles. The minimum atomic E-state index is 0.330. The molecule has 1 aromatic rings. The molecule has 0 aliphatic carbocycles. The molecule has 80 valence electrons. The Kier molecular flexibility index (Phi) is 2.10. The van der Waals surface area contributed by atoms with E-state index in [0.717, 1.165) is 6.04 Å². The van der Waals surface area contributed by atoms with Crippen molar-refractivity contribution in [3.05, 3.63) is 35.4 Å². The molecule has 2 heterocycles. The van der Waals surface area contributed by atoms with Gasteiger partial charge in [-0.15, -0.1) is 0 Å². The second kappa shape index (κ2) is 3.34. The minimum Gasteiger partial charge on any atom is -0.305 e. The average Bonchev–Trinajstić information content (AvgIpc) is 2.56. The lowest BCUT2D eigenvalue weighted by Gasteiger charge is -2.35. The molecule has 1 N–H and O–H groups in total. The fraction of sp³-hybridized carbons (Fsp3) is 0.571. The molecule has 2 fully saturated rings. The molecule has 2 atom stereocenters. The lowest BCUT2D eigenvalue weighted by molar-refractivity contribution is 0.280. The lowest BCUT2D eigenvalue weighted by Crippen LogP contribution is -2.43. The topological polar surface area (TPSA) is 12.0 Å². The van der Waals surface area contributed by atoms with E-state index >= 15 is 0 Å². The molecule has 1 heteroatoms. The van der Waals surface area contributed by atoms with Crippen LogP contribution >= 0.6 is 0 Å². The zero-order valence-corrected chi connectivity index (χ0v) is 9.42. The molecule has 1 nitrogen and oxygen atoms in total. The highest BCUT2D eigenvalue weighted by atomic mass is 15.1. The van der Waals surface area contributed by atoms with Gasteiger partial charge in [-0.05, 0) is 44.6 Å². The molecule has 2 bridgehead atoms. The minimum absolute atomic E-state index is 0.330. The van der Waals surface area contributed by atoms with Gasteiger partial charge in [0.25, 0.3) is 0 Å². The van der Waals surface area contributed by atoms with E-state index in [4.69, 9.17) is 0 Å². The normalized spacial score (nSPS) is 34.3. The lowest BCUT2D eigenvalue weighted by atomic mass is 9.83. The number of aryl methyl sites for hydroxylation is 1. The number of hydrogen-bond acceptors (Lipinski definition) is 1. The Labute approximate surface area is 91.9 Å². The summed E-state index contributed by atoms with van der Waals surface area (Å²) >= 11 is 0. The smallest absolute Gasteiger partial charge is 0.0437 e. The first-order valence-corrected chi connectivity index (χ1v) is 6.13. The third-order valence-corrected chi connectivity index (χ3v) is 4.16. The van der Waals surface area contributed by atoms with E-state index in [2.05, 4.69) is 36.5 Å². The molecule has 0 aromatic heterocycles. The highest BCUT2D eigenvalue weighted by Gasteiger charge is 2.42. The van der Waals surface area contributed by atoms with Crippen molar-refractivity contribution in [2.75, 3.05) is 0 Å².